The Bertz CT molecular complexity index is 880. The molecule has 0 saturated heterocycles. The van der Waals surface area contributed by atoms with E-state index in [9.17, 15) is 4.79 Å². The van der Waals surface area contributed by atoms with Crippen molar-refractivity contribution in [1.29, 1.82) is 0 Å². The highest BCUT2D eigenvalue weighted by Crippen LogP contribution is 2.18. The monoisotopic (exact) mass is 323 g/mol. The molecule has 2 aromatic carbocycles. The van der Waals surface area contributed by atoms with Gasteiger partial charge in [0.2, 0.25) is 0 Å². The van der Waals surface area contributed by atoms with Crippen molar-refractivity contribution in [1.82, 2.24) is 9.88 Å². The van der Waals surface area contributed by atoms with E-state index >= 15 is 0 Å². The molecule has 1 N–H and O–H groups in total. The summed E-state index contributed by atoms with van der Waals surface area (Å²) in [6.45, 7) is 1.94. The fourth-order valence-corrected chi connectivity index (χ4v) is 3.45. The summed E-state index contributed by atoms with van der Waals surface area (Å²) in [6.07, 6.45) is 0. The Balaban J connectivity index is 2.26. The van der Waals surface area contributed by atoms with E-state index in [4.69, 9.17) is 4.99 Å². The summed E-state index contributed by atoms with van der Waals surface area (Å²) in [4.78, 5) is 18.3. The average Bonchev–Trinajstić information content (AvgIpc) is 2.92. The summed E-state index contributed by atoms with van der Waals surface area (Å²) in [5, 5.41) is 2.69. The first-order chi connectivity index (χ1) is 11.2. The van der Waals surface area contributed by atoms with Crippen LogP contribution in [0.4, 0.5) is 5.69 Å². The summed E-state index contributed by atoms with van der Waals surface area (Å²) in [7, 11) is 1.64. The van der Waals surface area contributed by atoms with Crippen LogP contribution >= 0.6 is 11.3 Å². The summed E-state index contributed by atoms with van der Waals surface area (Å²) in [6, 6.07) is 19.7. The van der Waals surface area contributed by atoms with Crippen LogP contribution in [0.2, 0.25) is 0 Å². The number of aromatic nitrogens is 1. The van der Waals surface area contributed by atoms with Gasteiger partial charge in [0, 0.05) is 18.4 Å². The number of carbonyl (C=O) groups is 1. The number of hydrogen-bond donors (Lipinski definition) is 1. The summed E-state index contributed by atoms with van der Waals surface area (Å²) in [5.74, 6) is -0.0910. The molecule has 0 aliphatic carbocycles. The SMILES string of the molecule is CNC(=O)c1sc(=Nc2ccccc2)n(-c2ccccc2)c1C. The number of hydrogen-bond acceptors (Lipinski definition) is 3. The maximum Gasteiger partial charge on any atom is 0.263 e. The second-order valence-electron chi connectivity index (χ2n) is 5.00. The van der Waals surface area contributed by atoms with Crippen LogP contribution in [0.15, 0.2) is 65.7 Å². The zero-order chi connectivity index (χ0) is 16.2. The van der Waals surface area contributed by atoms with Crippen molar-refractivity contribution in [3.8, 4) is 5.69 Å². The number of benzene rings is 2. The number of thiazole rings is 1. The van der Waals surface area contributed by atoms with Gasteiger partial charge < -0.3 is 5.32 Å². The van der Waals surface area contributed by atoms with Gasteiger partial charge in [-0.25, -0.2) is 4.99 Å². The Morgan fingerprint density at radius 2 is 1.65 bits per heavy atom. The highest BCUT2D eigenvalue weighted by atomic mass is 32.1. The standard InChI is InChI=1S/C18H17N3OS/c1-13-16(17(22)19-2)23-18(20-14-9-5-3-6-10-14)21(13)15-11-7-4-8-12-15/h3-12H,1-2H3,(H,19,22). The minimum absolute atomic E-state index is 0.0910. The van der Waals surface area contributed by atoms with Crippen molar-refractivity contribution in [2.75, 3.05) is 7.05 Å². The van der Waals surface area contributed by atoms with E-state index in [1.165, 1.54) is 11.3 Å². The van der Waals surface area contributed by atoms with Crippen LogP contribution in [0, 0.1) is 6.92 Å². The molecular formula is C18H17N3OS. The first-order valence-electron chi connectivity index (χ1n) is 7.30. The zero-order valence-electron chi connectivity index (χ0n) is 13.0. The second kappa shape index (κ2) is 6.62. The van der Waals surface area contributed by atoms with E-state index < -0.39 is 0 Å². The highest BCUT2D eigenvalue weighted by Gasteiger charge is 2.16. The Morgan fingerprint density at radius 1 is 1.04 bits per heavy atom. The number of para-hydroxylation sites is 2. The molecule has 0 saturated carbocycles. The van der Waals surface area contributed by atoms with Crippen molar-refractivity contribution in [3.63, 3.8) is 0 Å². The molecule has 0 unspecified atom stereocenters. The number of rotatable bonds is 3. The zero-order valence-corrected chi connectivity index (χ0v) is 13.8. The molecule has 1 aromatic heterocycles. The molecule has 0 bridgehead atoms. The molecule has 1 amide bonds. The Kier molecular flexibility index (Phi) is 4.39. The maximum atomic E-state index is 12.1. The van der Waals surface area contributed by atoms with Crippen LogP contribution in [0.1, 0.15) is 15.4 Å². The highest BCUT2D eigenvalue weighted by molar-refractivity contribution is 7.11. The molecule has 4 nitrogen and oxygen atoms in total. The largest absolute Gasteiger partial charge is 0.354 e. The molecule has 116 valence electrons. The third-order valence-electron chi connectivity index (χ3n) is 3.48. The van der Waals surface area contributed by atoms with Crippen molar-refractivity contribution in [2.24, 2.45) is 4.99 Å². The lowest BCUT2D eigenvalue weighted by atomic mass is 10.3. The first kappa shape index (κ1) is 15.2. The lowest BCUT2D eigenvalue weighted by molar-refractivity contribution is 0.0966. The van der Waals surface area contributed by atoms with Crippen molar-refractivity contribution in [2.45, 2.75) is 6.92 Å². The molecule has 0 fully saturated rings. The molecule has 5 heteroatoms. The predicted octanol–water partition coefficient (Wildman–Crippen LogP) is 3.44. The van der Waals surface area contributed by atoms with E-state index in [-0.39, 0.29) is 5.91 Å². The predicted molar refractivity (Wildman–Crippen MR) is 93.4 cm³/mol. The lowest BCUT2D eigenvalue weighted by Gasteiger charge is -2.06. The van der Waals surface area contributed by atoms with E-state index in [0.717, 1.165) is 21.9 Å². The summed E-state index contributed by atoms with van der Waals surface area (Å²) in [5.41, 5.74) is 2.74. The van der Waals surface area contributed by atoms with Crippen molar-refractivity contribution >= 4 is 22.9 Å². The van der Waals surface area contributed by atoms with Gasteiger partial charge in [0.1, 0.15) is 4.88 Å². The number of amides is 1. The van der Waals surface area contributed by atoms with Gasteiger partial charge in [0.15, 0.2) is 4.80 Å². The summed E-state index contributed by atoms with van der Waals surface area (Å²) < 4.78 is 2.02. The van der Waals surface area contributed by atoms with Crippen LogP contribution in [0.3, 0.4) is 0 Å². The van der Waals surface area contributed by atoms with Crippen LogP contribution in [0.25, 0.3) is 5.69 Å². The summed E-state index contributed by atoms with van der Waals surface area (Å²) >= 11 is 1.39. The fourth-order valence-electron chi connectivity index (χ4n) is 2.35. The average molecular weight is 323 g/mol. The number of carbonyl (C=O) groups excluding carboxylic acids is 1. The van der Waals surface area contributed by atoms with Gasteiger partial charge in [-0.3, -0.25) is 9.36 Å². The van der Waals surface area contributed by atoms with E-state index in [2.05, 4.69) is 5.32 Å². The molecule has 3 aromatic rings. The second-order valence-corrected chi connectivity index (χ2v) is 5.97. The van der Waals surface area contributed by atoms with Gasteiger partial charge in [-0.2, -0.15) is 0 Å². The van der Waals surface area contributed by atoms with Crippen LogP contribution in [0.5, 0.6) is 0 Å². The van der Waals surface area contributed by atoms with Gasteiger partial charge in [-0.1, -0.05) is 47.7 Å². The Hall–Kier alpha value is -2.66. The molecule has 0 atom stereocenters. The molecular weight excluding hydrogens is 306 g/mol. The Labute approximate surface area is 138 Å². The molecule has 3 rings (SSSR count). The number of nitrogens with one attached hydrogen (secondary N) is 1. The molecule has 0 aliphatic rings. The minimum atomic E-state index is -0.0910. The molecule has 0 spiro atoms. The third-order valence-corrected chi connectivity index (χ3v) is 4.62. The molecule has 0 radical (unpaired) electrons. The van der Waals surface area contributed by atoms with E-state index in [1.54, 1.807) is 7.05 Å². The van der Waals surface area contributed by atoms with Crippen molar-refractivity contribution in [3.05, 3.63) is 76.0 Å². The van der Waals surface area contributed by atoms with E-state index in [1.807, 2.05) is 72.2 Å². The van der Waals surface area contributed by atoms with Crippen LogP contribution in [-0.4, -0.2) is 17.5 Å². The lowest BCUT2D eigenvalue weighted by Crippen LogP contribution is -2.18. The van der Waals surface area contributed by atoms with E-state index in [0.29, 0.717) is 4.88 Å². The molecule has 23 heavy (non-hydrogen) atoms. The van der Waals surface area contributed by atoms with Gasteiger partial charge in [-0.15, -0.1) is 0 Å². The smallest absolute Gasteiger partial charge is 0.263 e. The van der Waals surface area contributed by atoms with Crippen LogP contribution in [-0.2, 0) is 0 Å². The Morgan fingerprint density at radius 3 is 2.26 bits per heavy atom. The molecule has 0 aliphatic heterocycles. The fraction of sp³-hybridized carbons (Fsp3) is 0.111. The quantitative estimate of drug-likeness (QED) is 0.788. The van der Waals surface area contributed by atoms with Gasteiger partial charge >= 0.3 is 0 Å². The topological polar surface area (TPSA) is 46.4 Å². The normalized spacial score (nSPS) is 11.5. The van der Waals surface area contributed by atoms with Crippen molar-refractivity contribution < 1.29 is 4.79 Å². The number of nitrogens with zero attached hydrogens (tertiary/aromatic N) is 2. The maximum absolute atomic E-state index is 12.1. The van der Waals surface area contributed by atoms with Gasteiger partial charge in [0.05, 0.1) is 5.69 Å². The minimum Gasteiger partial charge on any atom is -0.354 e. The molecule has 1 heterocycles. The van der Waals surface area contributed by atoms with Crippen LogP contribution < -0.4 is 10.1 Å². The first-order valence-corrected chi connectivity index (χ1v) is 8.12. The third kappa shape index (κ3) is 3.10. The van der Waals surface area contributed by atoms with Gasteiger partial charge in [-0.05, 0) is 31.2 Å². The van der Waals surface area contributed by atoms with Gasteiger partial charge in [0.25, 0.3) is 5.91 Å².